The molecule has 3 aromatic rings. The number of nitrogens with zero attached hydrogens (tertiary/aromatic N) is 1. The van der Waals surface area contributed by atoms with E-state index in [1.807, 2.05) is 18.2 Å². The van der Waals surface area contributed by atoms with Crippen molar-refractivity contribution in [3.63, 3.8) is 0 Å². The first-order valence-electron chi connectivity index (χ1n) is 9.21. The molecule has 3 nitrogen and oxygen atoms in total. The number of carbonyl (C=O) groups excluding carboxylic acids is 2. The molecular weight excluding hydrogens is 577 g/mol. The normalized spacial score (nSPS) is 18.0. The number of hydrogen-bond acceptors (Lipinski definition) is 3. The Labute approximate surface area is 181 Å². The van der Waals surface area contributed by atoms with E-state index in [0.29, 0.717) is 16.7 Å². The molecule has 2 aromatic heterocycles. The van der Waals surface area contributed by atoms with Crippen molar-refractivity contribution in [3.8, 4) is 0 Å². The topological polar surface area (TPSA) is 37.4 Å². The summed E-state index contributed by atoms with van der Waals surface area (Å²) >= 11 is -0.201. The van der Waals surface area contributed by atoms with Gasteiger partial charge in [-0.25, -0.2) is 0 Å². The van der Waals surface area contributed by atoms with Gasteiger partial charge < -0.3 is 0 Å². The van der Waals surface area contributed by atoms with Gasteiger partial charge in [0.1, 0.15) is 0 Å². The fourth-order valence-electron chi connectivity index (χ4n) is 4.27. The second-order valence-corrected chi connectivity index (χ2v) is 13.2. The molecule has 0 unspecified atom stereocenters. The van der Waals surface area contributed by atoms with Crippen molar-refractivity contribution < 1.29 is 9.59 Å². The number of hydrogen-bond donors (Lipinski definition) is 0. The van der Waals surface area contributed by atoms with Crippen LogP contribution in [-0.2, 0) is 13.1 Å². The number of carbonyl (C=O) groups is 2. The van der Waals surface area contributed by atoms with Crippen molar-refractivity contribution >= 4 is 59.2 Å². The van der Waals surface area contributed by atoms with Gasteiger partial charge in [0.05, 0.1) is 0 Å². The van der Waals surface area contributed by atoms with Crippen LogP contribution in [0.25, 0.3) is 6.80 Å². The van der Waals surface area contributed by atoms with Gasteiger partial charge in [0.25, 0.3) is 0 Å². The maximum absolute atomic E-state index is 12.6. The first kappa shape index (κ1) is 17.3. The monoisotopic (exact) mass is 597 g/mol. The third-order valence-corrected chi connectivity index (χ3v) is 13.1. The molecule has 0 atom stereocenters. The molecule has 3 heterocycles. The molecule has 0 bridgehead atoms. The zero-order valence-corrected chi connectivity index (χ0v) is 19.6. The van der Waals surface area contributed by atoms with Crippen molar-refractivity contribution in [1.29, 1.82) is 0 Å². The molecule has 5 heteroatoms. The van der Waals surface area contributed by atoms with Crippen LogP contribution in [0.4, 0.5) is 0 Å². The van der Waals surface area contributed by atoms with Crippen LogP contribution in [0.3, 0.4) is 0 Å². The molecule has 6 rings (SSSR count). The van der Waals surface area contributed by atoms with Crippen LogP contribution in [0, 0.1) is 0 Å². The summed E-state index contributed by atoms with van der Waals surface area (Å²) in [7, 11) is 0. The molecule has 2 aliphatic carbocycles. The summed E-state index contributed by atoms with van der Waals surface area (Å²) in [6.45, 7) is 2.14. The average Bonchev–Trinajstić information content (AvgIpc) is 3.48. The van der Waals surface area contributed by atoms with Gasteiger partial charge in [-0.2, -0.15) is 0 Å². The van der Waals surface area contributed by atoms with E-state index in [9.17, 15) is 9.59 Å². The molecule has 0 saturated carbocycles. The van der Waals surface area contributed by atoms with Gasteiger partial charge >= 0.3 is 183 Å². The van der Waals surface area contributed by atoms with E-state index in [1.165, 1.54) is 5.70 Å². The van der Waals surface area contributed by atoms with Crippen LogP contribution >= 0.6 is 0 Å². The third-order valence-electron chi connectivity index (χ3n) is 5.67. The summed E-state index contributed by atoms with van der Waals surface area (Å²) in [5, 5.41) is 0. The fraction of sp³-hybridized carbons (Fsp3) is 0.130. The molecule has 1 aromatic carbocycles. The predicted molar refractivity (Wildman–Crippen MR) is 111 cm³/mol. The van der Waals surface area contributed by atoms with E-state index in [4.69, 9.17) is 0 Å². The quantitative estimate of drug-likeness (QED) is 0.260. The van der Waals surface area contributed by atoms with Crippen LogP contribution in [0.15, 0.2) is 69.5 Å². The fourth-order valence-corrected chi connectivity index (χ4v) is 13.1. The Morgan fingerprint density at radius 1 is 0.964 bits per heavy atom. The molecule has 0 saturated heterocycles. The molecule has 0 amide bonds. The van der Waals surface area contributed by atoms with Crippen LogP contribution in [0.2, 0.25) is 0 Å². The first-order chi connectivity index (χ1) is 13.7. The van der Waals surface area contributed by atoms with E-state index < -0.39 is 0 Å². The van der Waals surface area contributed by atoms with Crippen LogP contribution < -0.4 is 0 Å². The Balaban J connectivity index is 1.21. The molecule has 3 aliphatic rings. The zero-order chi connectivity index (χ0) is 18.8. The van der Waals surface area contributed by atoms with Crippen molar-refractivity contribution in [2.24, 2.45) is 0 Å². The van der Waals surface area contributed by atoms with Gasteiger partial charge in [0, 0.05) is 0 Å². The van der Waals surface area contributed by atoms with Gasteiger partial charge in [-0.3, -0.25) is 0 Å². The van der Waals surface area contributed by atoms with E-state index in [1.54, 1.807) is 28.1 Å². The minimum absolute atomic E-state index is 0.0732. The zero-order valence-electron chi connectivity index (χ0n) is 14.9. The van der Waals surface area contributed by atoms with Gasteiger partial charge in [-0.05, 0) is 0 Å². The number of ketones is 2. The Bertz CT molecular complexity index is 1250. The minimum atomic E-state index is -0.139. The predicted octanol–water partition coefficient (Wildman–Crippen LogP) is 3.49. The van der Waals surface area contributed by atoms with E-state index in [-0.39, 0.29) is 52.4 Å². The van der Waals surface area contributed by atoms with Crippen LogP contribution in [0.5, 0.6) is 0 Å². The number of benzene rings is 1. The number of Topliss-reactive ketones (excluding diaryl/α,β-unsaturated/α-hetero) is 2. The molecule has 0 fully saturated rings. The van der Waals surface area contributed by atoms with Crippen LogP contribution in [0.1, 0.15) is 36.3 Å². The van der Waals surface area contributed by atoms with Crippen molar-refractivity contribution in [3.05, 3.63) is 89.8 Å². The molecule has 136 valence electrons. The summed E-state index contributed by atoms with van der Waals surface area (Å²) < 4.78 is 7.61. The van der Waals surface area contributed by atoms with Crippen molar-refractivity contribution in [2.45, 2.75) is 19.5 Å². The van der Waals surface area contributed by atoms with E-state index in [0.717, 1.165) is 25.1 Å². The number of rotatable bonds is 2. The summed E-state index contributed by atoms with van der Waals surface area (Å²) in [5.41, 5.74) is 5.42. The van der Waals surface area contributed by atoms with Gasteiger partial charge in [0.2, 0.25) is 0 Å². The van der Waals surface area contributed by atoms with Gasteiger partial charge in [0.15, 0.2) is 0 Å². The van der Waals surface area contributed by atoms with Gasteiger partial charge in [-0.15, -0.1) is 0 Å². The molecule has 0 spiro atoms. The van der Waals surface area contributed by atoms with E-state index in [2.05, 4.69) is 27.2 Å². The second kappa shape index (κ2) is 6.44. The number of allylic oxidation sites excluding steroid dienone is 5. The molecule has 0 radical (unpaired) electrons. The Kier molecular flexibility index (Phi) is 3.97. The average molecular weight is 593 g/mol. The summed E-state index contributed by atoms with van der Waals surface area (Å²) in [4.78, 5) is 27.7. The maximum atomic E-state index is 12.6. The standard InChI is InChI=1S/C23H15NO2Te2/c25-21-15-3-1-2-4-16(15)22(26)17(21)10-13-5-6-14(9-13)24-11-18-20(12-24)28-19-7-8-27-23(18)19/h1-8,10H,9,11-12H2. The van der Waals surface area contributed by atoms with Crippen molar-refractivity contribution in [2.75, 3.05) is 0 Å². The molecule has 28 heavy (non-hydrogen) atoms. The second-order valence-electron chi connectivity index (χ2n) is 7.31. The first-order valence-corrected chi connectivity index (χ1v) is 14.1. The Hall–Kier alpha value is -1.62. The SMILES string of the molecule is O=C1C(=CC2=CC=C(N3Cc4[te]c5cc[te]c5c4C3)C2)C(=O)c2ccccc21. The van der Waals surface area contributed by atoms with Gasteiger partial charge in [-0.1, -0.05) is 0 Å². The Morgan fingerprint density at radius 3 is 2.54 bits per heavy atom. The van der Waals surface area contributed by atoms with Crippen molar-refractivity contribution in [1.82, 2.24) is 4.90 Å². The summed E-state index contributed by atoms with van der Waals surface area (Å²) in [6, 6.07) is 9.51. The van der Waals surface area contributed by atoms with Crippen LogP contribution in [-0.4, -0.2) is 57.3 Å². The third kappa shape index (κ3) is 2.54. The number of fused-ring (bicyclic) bond motifs is 4. The summed E-state index contributed by atoms with van der Waals surface area (Å²) in [6.07, 6.45) is 6.86. The summed E-state index contributed by atoms with van der Waals surface area (Å²) in [5.74, 6) is -0.277. The molecular formula is C23H15NO2Te2. The Morgan fingerprint density at radius 2 is 1.75 bits per heavy atom. The molecule has 1 aliphatic heterocycles. The van der Waals surface area contributed by atoms with E-state index >= 15 is 0 Å². The molecule has 0 N–H and O–H groups in total.